The summed E-state index contributed by atoms with van der Waals surface area (Å²) in [5, 5.41) is 19.0. The molecule has 6 heteroatoms. The third-order valence-corrected chi connectivity index (χ3v) is 2.03. The predicted octanol–water partition coefficient (Wildman–Crippen LogP) is 1.31. The number of carboxylic acids is 1. The largest absolute Gasteiger partial charge is 0.481 e. The maximum atomic E-state index is 10.6. The molecule has 1 aromatic rings. The van der Waals surface area contributed by atoms with Crippen molar-refractivity contribution in [1.82, 2.24) is 0 Å². The van der Waals surface area contributed by atoms with Crippen LogP contribution in [0, 0.1) is 28.9 Å². The predicted molar refractivity (Wildman–Crippen MR) is 61.4 cm³/mol. The zero-order chi connectivity index (χ0) is 13.0. The van der Waals surface area contributed by atoms with Crippen LogP contribution in [0.4, 0.5) is 11.4 Å². The molecule has 88 valence electrons. The summed E-state index contributed by atoms with van der Waals surface area (Å²) in [6.07, 6.45) is -0.296. The van der Waals surface area contributed by atoms with Crippen LogP contribution in [-0.2, 0) is 4.79 Å². The van der Waals surface area contributed by atoms with Crippen LogP contribution in [-0.4, -0.2) is 16.0 Å². The smallest absolute Gasteiger partial charge is 0.315 e. The van der Waals surface area contributed by atoms with E-state index in [2.05, 4.69) is 11.8 Å². The van der Waals surface area contributed by atoms with E-state index in [1.54, 1.807) is 6.92 Å². The molecule has 0 heterocycles. The van der Waals surface area contributed by atoms with Crippen molar-refractivity contribution in [1.29, 1.82) is 0 Å². The molecule has 0 saturated carbocycles. The van der Waals surface area contributed by atoms with Gasteiger partial charge in [0.15, 0.2) is 0 Å². The van der Waals surface area contributed by atoms with Crippen molar-refractivity contribution in [3.05, 3.63) is 33.4 Å². The summed E-state index contributed by atoms with van der Waals surface area (Å²) in [7, 11) is 0. The van der Waals surface area contributed by atoms with E-state index in [-0.39, 0.29) is 17.8 Å². The average Bonchev–Trinajstić information content (AvgIpc) is 2.21. The molecule has 0 aliphatic carbocycles. The second kappa shape index (κ2) is 4.99. The van der Waals surface area contributed by atoms with Crippen molar-refractivity contribution in [3.8, 4) is 11.8 Å². The van der Waals surface area contributed by atoms with Crippen LogP contribution in [0.25, 0.3) is 0 Å². The Hall–Kier alpha value is -2.55. The first-order valence-electron chi connectivity index (χ1n) is 4.67. The summed E-state index contributed by atoms with van der Waals surface area (Å²) in [5.41, 5.74) is 6.51. The molecule has 3 N–H and O–H groups in total. The molecule has 0 aliphatic heterocycles. The number of aryl methyl sites for hydroxylation is 1. The molecular weight excluding hydrogens is 224 g/mol. The molecule has 6 nitrogen and oxygen atoms in total. The Morgan fingerprint density at radius 2 is 2.24 bits per heavy atom. The molecule has 17 heavy (non-hydrogen) atoms. The van der Waals surface area contributed by atoms with Gasteiger partial charge < -0.3 is 10.8 Å². The average molecular weight is 234 g/mol. The van der Waals surface area contributed by atoms with Crippen molar-refractivity contribution >= 4 is 17.3 Å². The monoisotopic (exact) mass is 234 g/mol. The molecule has 0 bridgehead atoms. The lowest BCUT2D eigenvalue weighted by Crippen LogP contribution is -1.97. The minimum absolute atomic E-state index is 0.0775. The highest BCUT2D eigenvalue weighted by Crippen LogP contribution is 2.23. The third kappa shape index (κ3) is 3.21. The number of hydrogen-bond donors (Lipinski definition) is 2. The van der Waals surface area contributed by atoms with Gasteiger partial charge >= 0.3 is 5.97 Å². The van der Waals surface area contributed by atoms with Crippen LogP contribution in [0.3, 0.4) is 0 Å². The van der Waals surface area contributed by atoms with Gasteiger partial charge in [-0.25, -0.2) is 0 Å². The highest BCUT2D eigenvalue weighted by molar-refractivity contribution is 5.71. The van der Waals surface area contributed by atoms with Crippen LogP contribution < -0.4 is 5.73 Å². The summed E-state index contributed by atoms with van der Waals surface area (Å²) in [5.74, 6) is 3.96. The molecule has 1 rings (SSSR count). The van der Waals surface area contributed by atoms with E-state index >= 15 is 0 Å². The number of aliphatic carboxylic acids is 1. The maximum Gasteiger partial charge on any atom is 0.315 e. The number of nitro benzene ring substituents is 1. The van der Waals surface area contributed by atoms with Gasteiger partial charge in [-0.05, 0) is 13.0 Å². The standard InChI is InChI=1S/C11H10N2O4/c1-7-5-8(3-2-4-11(14)15)9(12)6-10(7)13(16)17/h5-6H,4,12H2,1H3,(H,14,15). The van der Waals surface area contributed by atoms with E-state index in [0.717, 1.165) is 0 Å². The van der Waals surface area contributed by atoms with Crippen LogP contribution in [0.1, 0.15) is 17.5 Å². The zero-order valence-corrected chi connectivity index (χ0v) is 9.06. The molecule has 0 saturated heterocycles. The SMILES string of the molecule is Cc1cc(C#CCC(=O)O)c(N)cc1[N+](=O)[O-]. The number of nitrogen functional groups attached to an aromatic ring is 1. The summed E-state index contributed by atoms with van der Waals surface area (Å²) < 4.78 is 0. The first-order chi connectivity index (χ1) is 7.91. The van der Waals surface area contributed by atoms with Crippen LogP contribution in [0.15, 0.2) is 12.1 Å². The Morgan fingerprint density at radius 3 is 2.76 bits per heavy atom. The quantitative estimate of drug-likeness (QED) is 0.347. The first kappa shape index (κ1) is 12.5. The molecule has 0 aliphatic rings. The van der Waals surface area contributed by atoms with Gasteiger partial charge in [-0.2, -0.15) is 0 Å². The number of nitrogens with zero attached hydrogens (tertiary/aromatic N) is 1. The Morgan fingerprint density at radius 1 is 1.59 bits per heavy atom. The Balaban J connectivity index is 3.10. The summed E-state index contributed by atoms with van der Waals surface area (Å²) in [6.45, 7) is 1.57. The van der Waals surface area contributed by atoms with Gasteiger partial charge in [-0.15, -0.1) is 0 Å². The van der Waals surface area contributed by atoms with Gasteiger partial charge in [0.2, 0.25) is 0 Å². The minimum Gasteiger partial charge on any atom is -0.481 e. The van der Waals surface area contributed by atoms with Crippen molar-refractivity contribution in [2.24, 2.45) is 0 Å². The minimum atomic E-state index is -1.03. The fourth-order valence-corrected chi connectivity index (χ4v) is 1.23. The van der Waals surface area contributed by atoms with Gasteiger partial charge in [0.1, 0.15) is 6.42 Å². The van der Waals surface area contributed by atoms with Gasteiger partial charge in [0.25, 0.3) is 5.69 Å². The highest BCUT2D eigenvalue weighted by atomic mass is 16.6. The van der Waals surface area contributed by atoms with Gasteiger partial charge in [0, 0.05) is 17.2 Å². The van der Waals surface area contributed by atoms with Crippen molar-refractivity contribution in [3.63, 3.8) is 0 Å². The normalized spacial score (nSPS) is 9.24. The molecule has 0 unspecified atom stereocenters. The van der Waals surface area contributed by atoms with Crippen molar-refractivity contribution in [2.75, 3.05) is 5.73 Å². The molecule has 0 aromatic heterocycles. The zero-order valence-electron chi connectivity index (χ0n) is 9.06. The van der Waals surface area contributed by atoms with E-state index in [0.29, 0.717) is 11.1 Å². The molecule has 0 spiro atoms. The van der Waals surface area contributed by atoms with Crippen LogP contribution >= 0.6 is 0 Å². The number of nitrogens with two attached hydrogens (primary N) is 1. The molecule has 0 amide bonds. The Labute approximate surface area is 97.2 Å². The second-order valence-electron chi connectivity index (χ2n) is 3.36. The lowest BCUT2D eigenvalue weighted by atomic mass is 10.1. The van der Waals surface area contributed by atoms with E-state index < -0.39 is 10.9 Å². The lowest BCUT2D eigenvalue weighted by molar-refractivity contribution is -0.385. The fraction of sp³-hybridized carbons (Fsp3) is 0.182. The van der Waals surface area contributed by atoms with Crippen LogP contribution in [0.5, 0.6) is 0 Å². The molecule has 0 atom stereocenters. The van der Waals surface area contributed by atoms with E-state index in [1.165, 1.54) is 12.1 Å². The Bertz CT molecular complexity index is 540. The maximum absolute atomic E-state index is 10.6. The number of anilines is 1. The van der Waals surface area contributed by atoms with Crippen molar-refractivity contribution < 1.29 is 14.8 Å². The number of hydrogen-bond acceptors (Lipinski definition) is 4. The second-order valence-corrected chi connectivity index (χ2v) is 3.36. The van der Waals surface area contributed by atoms with Crippen LogP contribution in [0.2, 0.25) is 0 Å². The number of carboxylic acid groups (broad SMARTS) is 1. The topological polar surface area (TPSA) is 106 Å². The molecule has 1 aromatic carbocycles. The number of carbonyl (C=O) groups is 1. The molecular formula is C11H10N2O4. The molecule has 0 fully saturated rings. The highest BCUT2D eigenvalue weighted by Gasteiger charge is 2.12. The summed E-state index contributed by atoms with van der Waals surface area (Å²) in [4.78, 5) is 20.4. The van der Waals surface area contributed by atoms with Gasteiger partial charge in [-0.3, -0.25) is 14.9 Å². The summed E-state index contributed by atoms with van der Waals surface area (Å²) in [6, 6.07) is 2.70. The fourth-order valence-electron chi connectivity index (χ4n) is 1.23. The van der Waals surface area contributed by atoms with E-state index in [4.69, 9.17) is 10.8 Å². The number of rotatable bonds is 2. The lowest BCUT2D eigenvalue weighted by Gasteiger charge is -2.01. The Kier molecular flexibility index (Phi) is 3.67. The van der Waals surface area contributed by atoms with Gasteiger partial charge in [-0.1, -0.05) is 11.8 Å². The van der Waals surface area contributed by atoms with Crippen molar-refractivity contribution in [2.45, 2.75) is 13.3 Å². The number of nitro groups is 1. The third-order valence-electron chi connectivity index (χ3n) is 2.03. The molecule has 0 radical (unpaired) electrons. The van der Waals surface area contributed by atoms with Gasteiger partial charge in [0.05, 0.1) is 10.6 Å². The number of benzene rings is 1. The van der Waals surface area contributed by atoms with E-state index in [9.17, 15) is 14.9 Å². The first-order valence-corrected chi connectivity index (χ1v) is 4.67. The summed E-state index contributed by atoms with van der Waals surface area (Å²) >= 11 is 0. The van der Waals surface area contributed by atoms with E-state index in [1.807, 2.05) is 0 Å².